The summed E-state index contributed by atoms with van der Waals surface area (Å²) in [5, 5.41) is 13.6. The van der Waals surface area contributed by atoms with E-state index >= 15 is 0 Å². The molecule has 2 nitrogen and oxygen atoms in total. The molecule has 2 N–H and O–H groups in total. The zero-order valence-corrected chi connectivity index (χ0v) is 13.3. The highest BCUT2D eigenvalue weighted by molar-refractivity contribution is 7.99. The average Bonchev–Trinajstić information content (AvgIpc) is 2.57. The van der Waals surface area contributed by atoms with Crippen molar-refractivity contribution in [2.24, 2.45) is 0 Å². The molecule has 2 aromatic carbocycles. The van der Waals surface area contributed by atoms with Crippen LogP contribution in [0.4, 0.5) is 0 Å². The van der Waals surface area contributed by atoms with Gasteiger partial charge in [0.05, 0.1) is 12.1 Å². The van der Waals surface area contributed by atoms with E-state index in [0.29, 0.717) is 0 Å². The fourth-order valence-corrected chi connectivity index (χ4v) is 3.40. The number of thioether (sulfide) groups is 1. The highest BCUT2D eigenvalue weighted by Crippen LogP contribution is 2.29. The lowest BCUT2D eigenvalue weighted by Crippen LogP contribution is -2.48. The molecule has 0 spiro atoms. The van der Waals surface area contributed by atoms with Gasteiger partial charge in [0.1, 0.15) is 0 Å². The first-order valence-corrected chi connectivity index (χ1v) is 8.38. The lowest BCUT2D eigenvalue weighted by molar-refractivity contribution is 0.179. The van der Waals surface area contributed by atoms with Gasteiger partial charge in [0.25, 0.3) is 0 Å². The third-order valence-corrected chi connectivity index (χ3v) is 4.78. The maximum atomic E-state index is 10.1. The molecular weight excluding hydrogens is 278 g/mol. The molecule has 3 heteroatoms. The second kappa shape index (κ2) is 8.23. The fourth-order valence-electron chi connectivity index (χ4n) is 2.27. The third kappa shape index (κ3) is 4.34. The van der Waals surface area contributed by atoms with Crippen LogP contribution in [-0.4, -0.2) is 24.0 Å². The zero-order chi connectivity index (χ0) is 15.0. The fraction of sp³-hybridized carbons (Fsp3) is 0.333. The summed E-state index contributed by atoms with van der Waals surface area (Å²) < 4.78 is 0. The van der Waals surface area contributed by atoms with Crippen molar-refractivity contribution >= 4 is 11.8 Å². The molecule has 0 heterocycles. The van der Waals surface area contributed by atoms with Gasteiger partial charge in [0.15, 0.2) is 0 Å². The summed E-state index contributed by atoms with van der Waals surface area (Å²) in [4.78, 5) is 1.23. The maximum Gasteiger partial charge on any atom is 0.0764 e. The van der Waals surface area contributed by atoms with E-state index in [1.807, 2.05) is 36.4 Å². The molecule has 112 valence electrons. The second-order valence-electron chi connectivity index (χ2n) is 5.13. The second-order valence-corrected chi connectivity index (χ2v) is 6.18. The topological polar surface area (TPSA) is 32.3 Å². The van der Waals surface area contributed by atoms with Crippen molar-refractivity contribution in [1.82, 2.24) is 5.32 Å². The Balaban J connectivity index is 2.18. The smallest absolute Gasteiger partial charge is 0.0764 e. The van der Waals surface area contributed by atoms with Gasteiger partial charge >= 0.3 is 0 Å². The van der Waals surface area contributed by atoms with Crippen molar-refractivity contribution in [3.63, 3.8) is 0 Å². The van der Waals surface area contributed by atoms with Crippen LogP contribution in [0.15, 0.2) is 65.6 Å². The van der Waals surface area contributed by atoms with E-state index in [2.05, 4.69) is 36.5 Å². The van der Waals surface area contributed by atoms with Crippen LogP contribution in [0.25, 0.3) is 0 Å². The predicted molar refractivity (Wildman–Crippen MR) is 90.7 cm³/mol. The first kappa shape index (κ1) is 16.1. The molecule has 0 radical (unpaired) electrons. The van der Waals surface area contributed by atoms with Crippen molar-refractivity contribution in [2.45, 2.75) is 23.8 Å². The normalized spacial score (nSPS) is 13.8. The molecule has 0 aliphatic heterocycles. The Morgan fingerprint density at radius 3 is 2.19 bits per heavy atom. The van der Waals surface area contributed by atoms with E-state index in [4.69, 9.17) is 0 Å². The largest absolute Gasteiger partial charge is 0.394 e. The van der Waals surface area contributed by atoms with E-state index in [-0.39, 0.29) is 6.61 Å². The van der Waals surface area contributed by atoms with E-state index in [1.54, 1.807) is 11.8 Å². The minimum atomic E-state index is -0.391. The van der Waals surface area contributed by atoms with Crippen LogP contribution >= 0.6 is 11.8 Å². The molecule has 0 fully saturated rings. The lowest BCUT2D eigenvalue weighted by atomic mass is 9.92. The summed E-state index contributed by atoms with van der Waals surface area (Å²) >= 11 is 1.77. The van der Waals surface area contributed by atoms with Crippen molar-refractivity contribution in [1.29, 1.82) is 0 Å². The van der Waals surface area contributed by atoms with Crippen LogP contribution in [0.3, 0.4) is 0 Å². The molecule has 0 saturated carbocycles. The SMILES string of the molecule is CCCNC(CO)(CSc1ccccc1)c1ccccc1. The Hall–Kier alpha value is -1.29. The van der Waals surface area contributed by atoms with Crippen LogP contribution < -0.4 is 5.32 Å². The number of benzene rings is 2. The molecule has 2 aromatic rings. The summed E-state index contributed by atoms with van der Waals surface area (Å²) in [7, 11) is 0. The minimum absolute atomic E-state index is 0.0941. The van der Waals surface area contributed by atoms with Gasteiger partial charge in [-0.05, 0) is 30.7 Å². The number of aliphatic hydroxyl groups excluding tert-OH is 1. The monoisotopic (exact) mass is 301 g/mol. The van der Waals surface area contributed by atoms with Crippen molar-refractivity contribution < 1.29 is 5.11 Å². The zero-order valence-electron chi connectivity index (χ0n) is 12.5. The van der Waals surface area contributed by atoms with Crippen LogP contribution in [-0.2, 0) is 5.54 Å². The van der Waals surface area contributed by atoms with Crippen LogP contribution in [0.5, 0.6) is 0 Å². The van der Waals surface area contributed by atoms with Crippen LogP contribution in [0, 0.1) is 0 Å². The van der Waals surface area contributed by atoms with Gasteiger partial charge in [-0.2, -0.15) is 0 Å². The van der Waals surface area contributed by atoms with Crippen LogP contribution in [0.1, 0.15) is 18.9 Å². The number of aliphatic hydroxyl groups is 1. The van der Waals surface area contributed by atoms with Gasteiger partial charge in [-0.25, -0.2) is 0 Å². The first-order valence-electron chi connectivity index (χ1n) is 7.40. The van der Waals surface area contributed by atoms with E-state index in [9.17, 15) is 5.11 Å². The van der Waals surface area contributed by atoms with Gasteiger partial charge in [0, 0.05) is 10.6 Å². The Labute approximate surface area is 131 Å². The molecule has 0 aliphatic rings. The van der Waals surface area contributed by atoms with E-state index in [0.717, 1.165) is 24.3 Å². The average molecular weight is 301 g/mol. The Morgan fingerprint density at radius 1 is 1.00 bits per heavy atom. The molecule has 0 amide bonds. The molecule has 21 heavy (non-hydrogen) atoms. The highest BCUT2D eigenvalue weighted by atomic mass is 32.2. The van der Waals surface area contributed by atoms with Gasteiger partial charge in [-0.15, -0.1) is 11.8 Å². The van der Waals surface area contributed by atoms with Crippen molar-refractivity contribution in [2.75, 3.05) is 18.9 Å². The standard InChI is InChI=1S/C18H23NOS/c1-2-13-19-18(14-20,16-9-5-3-6-10-16)15-21-17-11-7-4-8-12-17/h3-12,19-20H,2,13-15H2,1H3. The third-order valence-electron chi connectivity index (χ3n) is 3.54. The van der Waals surface area contributed by atoms with Gasteiger partial charge in [-0.1, -0.05) is 55.5 Å². The highest BCUT2D eigenvalue weighted by Gasteiger charge is 2.30. The van der Waals surface area contributed by atoms with Gasteiger partial charge in [0.2, 0.25) is 0 Å². The Morgan fingerprint density at radius 2 is 1.62 bits per heavy atom. The van der Waals surface area contributed by atoms with Gasteiger partial charge < -0.3 is 10.4 Å². The molecule has 2 rings (SSSR count). The molecular formula is C18H23NOS. The number of hydrogen-bond donors (Lipinski definition) is 2. The first-order chi connectivity index (χ1) is 10.3. The summed E-state index contributed by atoms with van der Waals surface area (Å²) in [5.41, 5.74) is 0.752. The Kier molecular flexibility index (Phi) is 6.30. The molecule has 0 aromatic heterocycles. The number of nitrogens with one attached hydrogen (secondary N) is 1. The summed E-state index contributed by atoms with van der Waals surface area (Å²) in [6.45, 7) is 3.13. The minimum Gasteiger partial charge on any atom is -0.394 e. The Bertz CT molecular complexity index is 517. The van der Waals surface area contributed by atoms with Gasteiger partial charge in [-0.3, -0.25) is 0 Å². The summed E-state index contributed by atoms with van der Waals surface area (Å²) in [6.07, 6.45) is 1.05. The molecule has 1 unspecified atom stereocenters. The molecule has 0 saturated heterocycles. The predicted octanol–water partition coefficient (Wildman–Crippen LogP) is 3.67. The molecule has 0 bridgehead atoms. The number of rotatable bonds is 8. The maximum absolute atomic E-state index is 10.1. The summed E-state index contributed by atoms with van der Waals surface area (Å²) in [6, 6.07) is 20.6. The van der Waals surface area contributed by atoms with Crippen molar-refractivity contribution in [3.05, 3.63) is 66.2 Å². The lowest BCUT2D eigenvalue weighted by Gasteiger charge is -2.33. The van der Waals surface area contributed by atoms with E-state index < -0.39 is 5.54 Å². The quantitative estimate of drug-likeness (QED) is 0.730. The molecule has 1 atom stereocenters. The van der Waals surface area contributed by atoms with Crippen LogP contribution in [0.2, 0.25) is 0 Å². The summed E-state index contributed by atoms with van der Waals surface area (Å²) in [5.74, 6) is 0.803. The number of hydrogen-bond acceptors (Lipinski definition) is 3. The van der Waals surface area contributed by atoms with Crippen molar-refractivity contribution in [3.8, 4) is 0 Å². The molecule has 0 aliphatic carbocycles. The van der Waals surface area contributed by atoms with E-state index in [1.165, 1.54) is 4.90 Å².